The van der Waals surface area contributed by atoms with Crippen molar-refractivity contribution in [1.29, 1.82) is 0 Å². The number of amides is 2. The molecule has 2 aromatic carbocycles. The molecule has 1 unspecified atom stereocenters. The smallest absolute Gasteiger partial charge is 0.277 e. The largest absolute Gasteiger partial charge is 0.411 e. The molecule has 0 saturated heterocycles. The summed E-state index contributed by atoms with van der Waals surface area (Å²) in [5.41, 5.74) is 3.32. The van der Waals surface area contributed by atoms with Crippen molar-refractivity contribution >= 4 is 35.0 Å². The summed E-state index contributed by atoms with van der Waals surface area (Å²) < 4.78 is 5.82. The summed E-state index contributed by atoms with van der Waals surface area (Å²) in [6.45, 7) is 9.27. The Kier molecular flexibility index (Phi) is 5.35. The van der Waals surface area contributed by atoms with E-state index in [9.17, 15) is 9.59 Å². The molecule has 8 heteroatoms. The van der Waals surface area contributed by atoms with Gasteiger partial charge in [-0.3, -0.25) is 14.5 Å². The van der Waals surface area contributed by atoms with Crippen molar-refractivity contribution in [2.45, 2.75) is 50.6 Å². The molecule has 0 bridgehead atoms. The van der Waals surface area contributed by atoms with Crippen LogP contribution >= 0.6 is 11.8 Å². The summed E-state index contributed by atoms with van der Waals surface area (Å²) in [4.78, 5) is 27.6. The molecule has 1 aromatic heterocycles. The first kappa shape index (κ1) is 21.1. The monoisotopic (exact) mass is 436 g/mol. The van der Waals surface area contributed by atoms with Crippen LogP contribution in [0.5, 0.6) is 0 Å². The minimum Gasteiger partial charge on any atom is -0.411 e. The van der Waals surface area contributed by atoms with Gasteiger partial charge in [-0.2, -0.15) is 0 Å². The summed E-state index contributed by atoms with van der Waals surface area (Å²) in [5, 5.41) is 10.9. The van der Waals surface area contributed by atoms with E-state index in [-0.39, 0.29) is 11.8 Å². The van der Waals surface area contributed by atoms with Crippen LogP contribution in [0.2, 0.25) is 0 Å². The van der Waals surface area contributed by atoms with E-state index < -0.39 is 10.8 Å². The molecule has 0 saturated carbocycles. The van der Waals surface area contributed by atoms with Gasteiger partial charge >= 0.3 is 0 Å². The molecule has 160 valence electrons. The van der Waals surface area contributed by atoms with Gasteiger partial charge in [0.05, 0.1) is 16.6 Å². The summed E-state index contributed by atoms with van der Waals surface area (Å²) in [5.74, 6) is -0.0212. The van der Waals surface area contributed by atoms with Gasteiger partial charge in [0.15, 0.2) is 0 Å². The lowest BCUT2D eigenvalue weighted by Crippen LogP contribution is -2.60. The molecule has 2 heterocycles. The van der Waals surface area contributed by atoms with Gasteiger partial charge in [0, 0.05) is 5.56 Å². The Balaban J connectivity index is 1.58. The molecule has 3 aromatic rings. The second-order valence-corrected chi connectivity index (χ2v) is 9.51. The van der Waals surface area contributed by atoms with E-state index in [4.69, 9.17) is 4.42 Å². The highest BCUT2D eigenvalue weighted by atomic mass is 32.2. The number of aromatic nitrogens is 2. The van der Waals surface area contributed by atoms with Crippen LogP contribution in [0, 0.1) is 13.8 Å². The molecule has 1 N–H and O–H groups in total. The van der Waals surface area contributed by atoms with Gasteiger partial charge in [-0.15, -0.1) is 10.2 Å². The maximum atomic E-state index is 13.4. The van der Waals surface area contributed by atoms with Crippen LogP contribution in [0.1, 0.15) is 31.9 Å². The van der Waals surface area contributed by atoms with Crippen LogP contribution in [-0.4, -0.2) is 32.8 Å². The van der Waals surface area contributed by atoms with Gasteiger partial charge < -0.3 is 9.73 Å². The van der Waals surface area contributed by atoms with Crippen LogP contribution in [0.25, 0.3) is 11.5 Å². The van der Waals surface area contributed by atoms with Gasteiger partial charge in [-0.05, 0) is 58.9 Å². The fourth-order valence-electron chi connectivity index (χ4n) is 3.70. The Bertz CT molecular complexity index is 1150. The lowest BCUT2D eigenvalue weighted by molar-refractivity contribution is -0.126. The molecule has 0 aliphatic carbocycles. The molecule has 2 amide bonds. The molecule has 0 spiro atoms. The van der Waals surface area contributed by atoms with Gasteiger partial charge in [0.25, 0.3) is 5.22 Å². The molecular formula is C23H24N4O3S. The number of carbonyl (C=O) groups is 2. The van der Waals surface area contributed by atoms with Crippen molar-refractivity contribution in [3.63, 3.8) is 0 Å². The molecule has 1 aliphatic rings. The van der Waals surface area contributed by atoms with E-state index in [1.54, 1.807) is 31.7 Å². The normalized spacial score (nSPS) is 15.9. The van der Waals surface area contributed by atoms with Gasteiger partial charge in [-0.1, -0.05) is 41.1 Å². The predicted molar refractivity (Wildman–Crippen MR) is 121 cm³/mol. The van der Waals surface area contributed by atoms with Crippen LogP contribution in [-0.2, 0) is 9.59 Å². The fourth-order valence-corrected chi connectivity index (χ4v) is 4.43. The third-order valence-corrected chi connectivity index (χ3v) is 6.15. The molecular weight excluding hydrogens is 412 g/mol. The topological polar surface area (TPSA) is 88.3 Å². The number of nitrogens with one attached hydrogen (secondary N) is 1. The number of fused-ring (bicyclic) bond motifs is 1. The number of carbonyl (C=O) groups excluding carboxylic acids is 2. The number of benzene rings is 2. The first-order chi connectivity index (χ1) is 14.7. The van der Waals surface area contributed by atoms with Gasteiger partial charge in [0.2, 0.25) is 17.7 Å². The van der Waals surface area contributed by atoms with Crippen molar-refractivity contribution in [2.24, 2.45) is 0 Å². The summed E-state index contributed by atoms with van der Waals surface area (Å²) in [7, 11) is 0. The van der Waals surface area contributed by atoms with E-state index in [1.807, 2.05) is 44.2 Å². The van der Waals surface area contributed by atoms with Crippen molar-refractivity contribution in [3.05, 3.63) is 53.6 Å². The number of hydrogen-bond donors (Lipinski definition) is 1. The zero-order valence-electron chi connectivity index (χ0n) is 18.1. The number of rotatable bonds is 4. The number of para-hydroxylation sites is 2. The summed E-state index contributed by atoms with van der Waals surface area (Å²) in [6.07, 6.45) is 0. The third-order valence-electron chi connectivity index (χ3n) is 5.23. The van der Waals surface area contributed by atoms with Crippen molar-refractivity contribution in [2.75, 3.05) is 10.2 Å². The third kappa shape index (κ3) is 3.95. The maximum absolute atomic E-state index is 13.4. The lowest BCUT2D eigenvalue weighted by atomic mass is 9.96. The Labute approximate surface area is 185 Å². The van der Waals surface area contributed by atoms with E-state index in [1.165, 1.54) is 11.8 Å². The average Bonchev–Trinajstić information content (AvgIpc) is 3.16. The summed E-state index contributed by atoms with van der Waals surface area (Å²) in [6, 6.07) is 13.3. The minimum atomic E-state index is -1.03. The van der Waals surface area contributed by atoms with Crippen molar-refractivity contribution < 1.29 is 14.0 Å². The second kappa shape index (κ2) is 7.85. The van der Waals surface area contributed by atoms with Crippen LogP contribution in [0.15, 0.2) is 52.1 Å². The lowest BCUT2D eigenvalue weighted by Gasteiger charge is -2.42. The number of anilines is 2. The number of thioether (sulfide) groups is 1. The van der Waals surface area contributed by atoms with E-state index in [2.05, 4.69) is 21.6 Å². The van der Waals surface area contributed by atoms with Gasteiger partial charge in [0.1, 0.15) is 5.54 Å². The molecule has 0 fully saturated rings. The average molecular weight is 437 g/mol. The Hall–Kier alpha value is -3.13. The second-order valence-electron chi connectivity index (χ2n) is 8.21. The Morgan fingerprint density at radius 3 is 2.52 bits per heavy atom. The highest BCUT2D eigenvalue weighted by Gasteiger charge is 2.45. The molecule has 7 nitrogen and oxygen atoms in total. The molecule has 1 atom stereocenters. The van der Waals surface area contributed by atoms with Crippen molar-refractivity contribution in [3.8, 4) is 11.5 Å². The van der Waals surface area contributed by atoms with E-state index in [0.717, 1.165) is 16.7 Å². The van der Waals surface area contributed by atoms with Crippen LogP contribution in [0.3, 0.4) is 0 Å². The van der Waals surface area contributed by atoms with Crippen LogP contribution < -0.4 is 10.2 Å². The van der Waals surface area contributed by atoms with E-state index >= 15 is 0 Å². The fraction of sp³-hybridized carbons (Fsp3) is 0.304. The first-order valence-corrected chi connectivity index (χ1v) is 10.9. The standard InChI is InChI=1S/C23H24N4O3S/c1-13-10-14(2)12-16(11-13)19-25-26-22(30-19)31-15(3)20(28)27-18-9-7-6-8-17(18)24-21(29)23(27,4)5/h6-12,15H,1-5H3,(H,24,29). The zero-order chi connectivity index (χ0) is 22.3. The van der Waals surface area contributed by atoms with E-state index in [0.29, 0.717) is 22.5 Å². The summed E-state index contributed by atoms with van der Waals surface area (Å²) >= 11 is 1.18. The van der Waals surface area contributed by atoms with Gasteiger partial charge in [-0.25, -0.2) is 0 Å². The number of nitrogens with zero attached hydrogens (tertiary/aromatic N) is 3. The predicted octanol–water partition coefficient (Wildman–Crippen LogP) is 4.60. The highest BCUT2D eigenvalue weighted by molar-refractivity contribution is 8.00. The molecule has 4 rings (SSSR count). The van der Waals surface area contributed by atoms with Crippen LogP contribution in [0.4, 0.5) is 11.4 Å². The molecule has 0 radical (unpaired) electrons. The Morgan fingerprint density at radius 1 is 1.13 bits per heavy atom. The molecule has 1 aliphatic heterocycles. The number of aryl methyl sites for hydroxylation is 2. The maximum Gasteiger partial charge on any atom is 0.277 e. The first-order valence-electron chi connectivity index (χ1n) is 10.00. The SMILES string of the molecule is Cc1cc(C)cc(-c2nnc(SC(C)C(=O)N3c4ccccc4NC(=O)C3(C)C)o2)c1. The highest BCUT2D eigenvalue weighted by Crippen LogP contribution is 2.38. The van der Waals surface area contributed by atoms with Crippen molar-refractivity contribution in [1.82, 2.24) is 10.2 Å². The quantitative estimate of drug-likeness (QED) is 0.602. The zero-order valence-corrected chi connectivity index (χ0v) is 18.9. The Morgan fingerprint density at radius 2 is 1.81 bits per heavy atom. The number of hydrogen-bond acceptors (Lipinski definition) is 6. The minimum absolute atomic E-state index is 0.205. The molecule has 31 heavy (non-hydrogen) atoms.